The molecule has 1 heterocycles. The number of aliphatic imine (C=N–C) groups is 1. The van der Waals surface area contributed by atoms with Gasteiger partial charge in [-0.2, -0.15) is 11.8 Å². The molecule has 0 amide bonds. The largest absolute Gasteiger partial charge is 0.386 e. The fourth-order valence-corrected chi connectivity index (χ4v) is 3.71. The number of amidine groups is 1. The van der Waals surface area contributed by atoms with E-state index < -0.39 is 0 Å². The lowest BCUT2D eigenvalue weighted by atomic mass is 10.1. The summed E-state index contributed by atoms with van der Waals surface area (Å²) in [6.45, 7) is 6.25. The van der Waals surface area contributed by atoms with E-state index in [2.05, 4.69) is 25.8 Å². The molecular formula is C9H18N2S2. The molecule has 1 rings (SSSR count). The van der Waals surface area contributed by atoms with E-state index in [1.54, 1.807) is 0 Å². The minimum Gasteiger partial charge on any atom is -0.386 e. The van der Waals surface area contributed by atoms with Crippen molar-refractivity contribution in [1.82, 2.24) is 0 Å². The summed E-state index contributed by atoms with van der Waals surface area (Å²) in [5.74, 6) is 4.40. The molecule has 2 nitrogen and oxygen atoms in total. The number of nitrogens with zero attached hydrogens (tertiary/aromatic N) is 1. The Kier molecular flexibility index (Phi) is 3.98. The molecule has 0 aliphatic carbocycles. The molecule has 76 valence electrons. The van der Waals surface area contributed by atoms with Crippen LogP contribution in [0.2, 0.25) is 0 Å². The van der Waals surface area contributed by atoms with Crippen LogP contribution in [0.3, 0.4) is 0 Å². The smallest absolute Gasteiger partial charge is 0.108 e. The first-order chi connectivity index (χ1) is 5.99. The van der Waals surface area contributed by atoms with Crippen molar-refractivity contribution in [2.45, 2.75) is 31.6 Å². The van der Waals surface area contributed by atoms with Gasteiger partial charge in [-0.25, -0.2) is 0 Å². The molecule has 1 aliphatic heterocycles. The van der Waals surface area contributed by atoms with Gasteiger partial charge in [0.25, 0.3) is 0 Å². The molecule has 2 N–H and O–H groups in total. The van der Waals surface area contributed by atoms with Gasteiger partial charge in [0.1, 0.15) is 5.84 Å². The van der Waals surface area contributed by atoms with Crippen molar-refractivity contribution in [3.63, 3.8) is 0 Å². The fourth-order valence-electron chi connectivity index (χ4n) is 1.12. The van der Waals surface area contributed by atoms with E-state index >= 15 is 0 Å². The monoisotopic (exact) mass is 218 g/mol. The summed E-state index contributed by atoms with van der Waals surface area (Å²) in [7, 11) is 0. The number of hydrogen-bond acceptors (Lipinski definition) is 3. The normalized spacial score (nSPS) is 26.1. The second-order valence-electron chi connectivity index (χ2n) is 4.14. The summed E-state index contributed by atoms with van der Waals surface area (Å²) in [5, 5.41) is 0.443. The molecule has 0 aromatic rings. The molecule has 0 spiro atoms. The second kappa shape index (κ2) is 4.60. The quantitative estimate of drug-likeness (QED) is 0.540. The Morgan fingerprint density at radius 2 is 2.08 bits per heavy atom. The molecule has 0 bridgehead atoms. The van der Waals surface area contributed by atoms with Crippen LogP contribution >= 0.6 is 23.5 Å². The standard InChI is InChI=1S/C9H18N2S2/c1-9(2,3)11-8(10)7-6-12-4-5-13-7/h7H,4-6H2,1-3H3,(H2,10,11). The van der Waals surface area contributed by atoms with E-state index in [4.69, 9.17) is 5.73 Å². The lowest BCUT2D eigenvalue weighted by Crippen LogP contribution is -2.33. The third-order valence-electron chi connectivity index (χ3n) is 1.61. The SMILES string of the molecule is CC(C)(C)N=C(N)C1CSCCS1. The van der Waals surface area contributed by atoms with Gasteiger partial charge in [-0.05, 0) is 20.8 Å². The zero-order chi connectivity index (χ0) is 9.90. The van der Waals surface area contributed by atoms with Crippen molar-refractivity contribution >= 4 is 29.4 Å². The summed E-state index contributed by atoms with van der Waals surface area (Å²) >= 11 is 3.91. The first-order valence-corrected chi connectivity index (χ1v) is 6.74. The lowest BCUT2D eigenvalue weighted by Gasteiger charge is -2.23. The Morgan fingerprint density at radius 1 is 1.38 bits per heavy atom. The Bertz CT molecular complexity index is 190. The predicted octanol–water partition coefficient (Wildman–Crippen LogP) is 1.99. The second-order valence-corrected chi connectivity index (χ2v) is 6.60. The van der Waals surface area contributed by atoms with Crippen molar-refractivity contribution in [3.8, 4) is 0 Å². The van der Waals surface area contributed by atoms with Crippen LogP contribution in [0.15, 0.2) is 4.99 Å². The highest BCUT2D eigenvalue weighted by Gasteiger charge is 2.19. The highest BCUT2D eigenvalue weighted by atomic mass is 32.2. The van der Waals surface area contributed by atoms with Crippen LogP contribution < -0.4 is 5.73 Å². The predicted molar refractivity (Wildman–Crippen MR) is 64.9 cm³/mol. The molecule has 1 fully saturated rings. The average Bonchev–Trinajstić information content (AvgIpc) is 2.03. The van der Waals surface area contributed by atoms with Gasteiger partial charge >= 0.3 is 0 Å². The van der Waals surface area contributed by atoms with Gasteiger partial charge in [-0.3, -0.25) is 4.99 Å². The van der Waals surface area contributed by atoms with E-state index in [0.29, 0.717) is 5.25 Å². The molecule has 1 aliphatic rings. The number of thioether (sulfide) groups is 2. The zero-order valence-electron chi connectivity index (χ0n) is 8.54. The maximum absolute atomic E-state index is 5.95. The Morgan fingerprint density at radius 3 is 2.54 bits per heavy atom. The highest BCUT2D eigenvalue weighted by molar-refractivity contribution is 8.07. The molecule has 0 saturated carbocycles. The van der Waals surface area contributed by atoms with Crippen molar-refractivity contribution in [1.29, 1.82) is 0 Å². The van der Waals surface area contributed by atoms with E-state index in [1.807, 2.05) is 23.5 Å². The molecular weight excluding hydrogens is 200 g/mol. The van der Waals surface area contributed by atoms with Gasteiger partial charge in [0.2, 0.25) is 0 Å². The first-order valence-electron chi connectivity index (χ1n) is 4.53. The van der Waals surface area contributed by atoms with Crippen molar-refractivity contribution in [2.24, 2.45) is 10.7 Å². The van der Waals surface area contributed by atoms with Crippen molar-refractivity contribution in [2.75, 3.05) is 17.3 Å². The molecule has 0 radical (unpaired) electrons. The summed E-state index contributed by atoms with van der Waals surface area (Å²) in [5.41, 5.74) is 5.92. The number of rotatable bonds is 1. The van der Waals surface area contributed by atoms with Gasteiger partial charge in [-0.1, -0.05) is 0 Å². The molecule has 0 aromatic carbocycles. The van der Waals surface area contributed by atoms with E-state index in [0.717, 1.165) is 11.6 Å². The third-order valence-corrected chi connectivity index (χ3v) is 4.39. The van der Waals surface area contributed by atoms with Crippen LogP contribution in [0.1, 0.15) is 20.8 Å². The molecule has 4 heteroatoms. The lowest BCUT2D eigenvalue weighted by molar-refractivity contribution is 0.581. The Balaban J connectivity index is 2.54. The summed E-state index contributed by atoms with van der Waals surface area (Å²) in [4.78, 5) is 4.49. The van der Waals surface area contributed by atoms with Gasteiger partial charge < -0.3 is 5.73 Å². The van der Waals surface area contributed by atoms with E-state index in [9.17, 15) is 0 Å². The summed E-state index contributed by atoms with van der Waals surface area (Å²) in [6, 6.07) is 0. The molecule has 13 heavy (non-hydrogen) atoms. The van der Waals surface area contributed by atoms with Gasteiger partial charge in [-0.15, -0.1) is 11.8 Å². The van der Waals surface area contributed by atoms with Crippen molar-refractivity contribution in [3.05, 3.63) is 0 Å². The maximum atomic E-state index is 5.95. The van der Waals surface area contributed by atoms with Gasteiger partial charge in [0.05, 0.1) is 10.8 Å². The summed E-state index contributed by atoms with van der Waals surface area (Å²) in [6.07, 6.45) is 0. The van der Waals surface area contributed by atoms with Crippen LogP contribution in [0.25, 0.3) is 0 Å². The highest BCUT2D eigenvalue weighted by Crippen LogP contribution is 2.24. The van der Waals surface area contributed by atoms with Crippen LogP contribution in [0, 0.1) is 0 Å². The van der Waals surface area contributed by atoms with E-state index in [1.165, 1.54) is 11.5 Å². The van der Waals surface area contributed by atoms with Crippen LogP contribution in [0.5, 0.6) is 0 Å². The van der Waals surface area contributed by atoms with Crippen LogP contribution in [0.4, 0.5) is 0 Å². The maximum Gasteiger partial charge on any atom is 0.108 e. The van der Waals surface area contributed by atoms with Crippen molar-refractivity contribution < 1.29 is 0 Å². The Labute approximate surface area is 89.1 Å². The Hall–Kier alpha value is 0.170. The zero-order valence-corrected chi connectivity index (χ0v) is 10.2. The molecule has 1 saturated heterocycles. The van der Waals surface area contributed by atoms with Gasteiger partial charge in [0, 0.05) is 17.3 Å². The minimum absolute atomic E-state index is 0.0350. The summed E-state index contributed by atoms with van der Waals surface area (Å²) < 4.78 is 0. The number of hydrogen-bond donors (Lipinski definition) is 1. The topological polar surface area (TPSA) is 38.4 Å². The minimum atomic E-state index is -0.0350. The third kappa shape index (κ3) is 4.27. The average molecular weight is 218 g/mol. The van der Waals surface area contributed by atoms with E-state index in [-0.39, 0.29) is 5.54 Å². The van der Waals surface area contributed by atoms with Gasteiger partial charge in [0.15, 0.2) is 0 Å². The van der Waals surface area contributed by atoms with Crippen LogP contribution in [-0.4, -0.2) is 33.9 Å². The molecule has 0 aromatic heterocycles. The first kappa shape index (κ1) is 11.2. The molecule has 1 unspecified atom stereocenters. The number of nitrogens with two attached hydrogens (primary N) is 1. The fraction of sp³-hybridized carbons (Fsp3) is 0.889. The molecule has 1 atom stereocenters. The van der Waals surface area contributed by atoms with Crippen LogP contribution in [-0.2, 0) is 0 Å².